The Labute approximate surface area is 223 Å². The maximum Gasteiger partial charge on any atom is 0.138 e. The average molecular weight is 509 g/mol. The number of terminal acetylenes is 1. The molecule has 0 saturated heterocycles. The maximum atomic E-state index is 10.1. The van der Waals surface area contributed by atoms with E-state index in [1.807, 2.05) is 24.4 Å². The van der Waals surface area contributed by atoms with Crippen molar-refractivity contribution in [2.75, 3.05) is 26.8 Å². The molecule has 0 aliphatic carbocycles. The lowest BCUT2D eigenvalue weighted by Crippen LogP contribution is -2.28. The monoisotopic (exact) mass is 508 g/mol. The summed E-state index contributed by atoms with van der Waals surface area (Å²) in [6, 6.07) is 14.3. The van der Waals surface area contributed by atoms with Gasteiger partial charge in [0.05, 0.1) is 41.9 Å². The summed E-state index contributed by atoms with van der Waals surface area (Å²) in [4.78, 5) is 7.23. The third-order valence-corrected chi connectivity index (χ3v) is 6.60. The van der Waals surface area contributed by atoms with Crippen LogP contribution in [-0.2, 0) is 6.54 Å². The van der Waals surface area contributed by atoms with E-state index >= 15 is 0 Å². The summed E-state index contributed by atoms with van der Waals surface area (Å²) in [5, 5.41) is 14.5. The fraction of sp³-hybridized carbons (Fsp3) is 0.290. The van der Waals surface area contributed by atoms with E-state index in [4.69, 9.17) is 20.9 Å². The number of methoxy groups -OCH3 is 1. The van der Waals surface area contributed by atoms with E-state index in [0.717, 1.165) is 54.1 Å². The number of nitrogens with zero attached hydrogens (tertiary/aromatic N) is 4. The first-order valence-corrected chi connectivity index (χ1v) is 12.7. The van der Waals surface area contributed by atoms with Crippen molar-refractivity contribution >= 4 is 11.1 Å². The Hall–Kier alpha value is -4.12. The summed E-state index contributed by atoms with van der Waals surface area (Å²) in [7, 11) is 1.69. The van der Waals surface area contributed by atoms with Gasteiger partial charge < -0.3 is 14.6 Å². The van der Waals surface area contributed by atoms with E-state index in [1.54, 1.807) is 37.9 Å². The molecule has 0 atom stereocenters. The first-order valence-electron chi connectivity index (χ1n) is 12.7. The third-order valence-electron chi connectivity index (χ3n) is 6.60. The fourth-order valence-electron chi connectivity index (χ4n) is 4.58. The summed E-state index contributed by atoms with van der Waals surface area (Å²) in [6.07, 6.45) is 14.3. The second kappa shape index (κ2) is 10.7. The summed E-state index contributed by atoms with van der Waals surface area (Å²) in [5.41, 5.74) is 5.88. The lowest BCUT2D eigenvalue weighted by molar-refractivity contribution is 0.0283. The number of aromatic nitrogens is 3. The number of pyridine rings is 2. The quantitative estimate of drug-likeness (QED) is 0.344. The molecule has 0 bridgehead atoms. The van der Waals surface area contributed by atoms with Gasteiger partial charge in [0.15, 0.2) is 0 Å². The van der Waals surface area contributed by atoms with Gasteiger partial charge in [0, 0.05) is 37.0 Å². The fourth-order valence-corrected chi connectivity index (χ4v) is 4.58. The van der Waals surface area contributed by atoms with Crippen molar-refractivity contribution in [1.29, 1.82) is 0 Å². The standard InChI is InChI=1S/C31H32N4O3/c1-5-23-18-33-35-20-27(38-21-31(2,3)36)16-28(30(23)35)25-8-11-29(32-17-25)24-12-14-34(15-13-24)19-22-6-9-26(37-4)10-7-22/h1,6-12,16-18,20,36H,13-15,19,21H2,2-4H3. The van der Waals surface area contributed by atoms with Crippen molar-refractivity contribution in [1.82, 2.24) is 19.5 Å². The minimum atomic E-state index is -0.954. The lowest BCUT2D eigenvalue weighted by atomic mass is 10.0. The van der Waals surface area contributed by atoms with E-state index in [-0.39, 0.29) is 6.61 Å². The number of benzene rings is 1. The van der Waals surface area contributed by atoms with Crippen LogP contribution in [0.5, 0.6) is 11.5 Å². The van der Waals surface area contributed by atoms with Crippen LogP contribution in [0.2, 0.25) is 0 Å². The van der Waals surface area contributed by atoms with Crippen LogP contribution in [0.3, 0.4) is 0 Å². The van der Waals surface area contributed by atoms with Gasteiger partial charge in [0.1, 0.15) is 18.1 Å². The Kier molecular flexibility index (Phi) is 7.19. The molecule has 38 heavy (non-hydrogen) atoms. The molecule has 1 N–H and O–H groups in total. The Bertz CT molecular complexity index is 1490. The molecule has 7 nitrogen and oxygen atoms in total. The van der Waals surface area contributed by atoms with Gasteiger partial charge in [-0.25, -0.2) is 4.52 Å². The molecule has 4 aromatic rings. The number of aliphatic hydroxyl groups is 1. The summed E-state index contributed by atoms with van der Waals surface area (Å²) in [6.45, 7) is 6.33. The molecule has 194 valence electrons. The van der Waals surface area contributed by atoms with Crippen LogP contribution in [0.25, 0.3) is 22.2 Å². The number of hydrogen-bond donors (Lipinski definition) is 1. The van der Waals surface area contributed by atoms with E-state index < -0.39 is 5.60 Å². The smallest absolute Gasteiger partial charge is 0.138 e. The van der Waals surface area contributed by atoms with Crippen molar-refractivity contribution in [3.63, 3.8) is 0 Å². The zero-order valence-corrected chi connectivity index (χ0v) is 22.0. The average Bonchev–Trinajstić information content (AvgIpc) is 3.35. The predicted molar refractivity (Wildman–Crippen MR) is 149 cm³/mol. The SMILES string of the molecule is C#Cc1cnn2cc(OCC(C)(C)O)cc(-c3ccc(C4=CCN(Cc5ccc(OC)cc5)CC4)nc3)c12. The number of rotatable bonds is 8. The molecule has 4 heterocycles. The molecule has 3 aromatic heterocycles. The molecule has 1 aliphatic heterocycles. The highest BCUT2D eigenvalue weighted by atomic mass is 16.5. The first kappa shape index (κ1) is 25.5. The Morgan fingerprint density at radius 2 is 1.92 bits per heavy atom. The number of ether oxygens (including phenoxy) is 2. The maximum absolute atomic E-state index is 10.1. The minimum Gasteiger partial charge on any atom is -0.497 e. The predicted octanol–water partition coefficient (Wildman–Crippen LogP) is 4.83. The zero-order valence-electron chi connectivity index (χ0n) is 22.0. The summed E-state index contributed by atoms with van der Waals surface area (Å²) >= 11 is 0. The molecule has 1 aromatic carbocycles. The van der Waals surface area contributed by atoms with E-state index in [0.29, 0.717) is 11.3 Å². The van der Waals surface area contributed by atoms with E-state index in [1.165, 1.54) is 11.1 Å². The van der Waals surface area contributed by atoms with Crippen LogP contribution < -0.4 is 9.47 Å². The highest BCUT2D eigenvalue weighted by Gasteiger charge is 2.18. The molecular formula is C31H32N4O3. The molecule has 7 heteroatoms. The second-order valence-corrected chi connectivity index (χ2v) is 10.2. The minimum absolute atomic E-state index is 0.155. The second-order valence-electron chi connectivity index (χ2n) is 10.2. The van der Waals surface area contributed by atoms with Gasteiger partial charge in [-0.3, -0.25) is 9.88 Å². The van der Waals surface area contributed by atoms with E-state index in [9.17, 15) is 5.11 Å². The van der Waals surface area contributed by atoms with Gasteiger partial charge in [-0.05, 0) is 55.7 Å². The normalized spacial score (nSPS) is 14.2. The van der Waals surface area contributed by atoms with Crippen molar-refractivity contribution in [2.45, 2.75) is 32.4 Å². The number of fused-ring (bicyclic) bond motifs is 1. The van der Waals surface area contributed by atoms with Crippen LogP contribution in [0.15, 0.2) is 67.1 Å². The Balaban J connectivity index is 1.34. The highest BCUT2D eigenvalue weighted by molar-refractivity contribution is 5.85. The zero-order chi connectivity index (χ0) is 26.7. The van der Waals surface area contributed by atoms with Crippen molar-refractivity contribution in [2.24, 2.45) is 0 Å². The summed E-state index contributed by atoms with van der Waals surface area (Å²) < 4.78 is 12.8. The van der Waals surface area contributed by atoms with Crippen LogP contribution in [0.4, 0.5) is 0 Å². The third kappa shape index (κ3) is 5.72. The molecule has 0 saturated carbocycles. The van der Waals surface area contributed by atoms with Gasteiger partial charge in [-0.15, -0.1) is 6.42 Å². The molecule has 0 fully saturated rings. The molecule has 0 amide bonds. The van der Waals surface area contributed by atoms with Crippen LogP contribution in [-0.4, -0.2) is 57.0 Å². The van der Waals surface area contributed by atoms with Gasteiger partial charge in [0.2, 0.25) is 0 Å². The molecule has 5 rings (SSSR count). The van der Waals surface area contributed by atoms with Crippen molar-refractivity contribution < 1.29 is 14.6 Å². The molecule has 0 unspecified atom stereocenters. The van der Waals surface area contributed by atoms with Gasteiger partial charge >= 0.3 is 0 Å². The van der Waals surface area contributed by atoms with E-state index in [2.05, 4.69) is 46.3 Å². The number of hydrogen-bond acceptors (Lipinski definition) is 6. The Morgan fingerprint density at radius 1 is 1.11 bits per heavy atom. The van der Waals surface area contributed by atoms with Crippen molar-refractivity contribution in [3.8, 4) is 35.0 Å². The first-order chi connectivity index (χ1) is 18.3. The lowest BCUT2D eigenvalue weighted by Gasteiger charge is -2.26. The van der Waals surface area contributed by atoms with Gasteiger partial charge in [-0.2, -0.15) is 5.10 Å². The van der Waals surface area contributed by atoms with Crippen LogP contribution >= 0.6 is 0 Å². The molecule has 1 aliphatic rings. The molecule has 0 radical (unpaired) electrons. The van der Waals surface area contributed by atoms with Crippen LogP contribution in [0.1, 0.15) is 37.1 Å². The highest BCUT2D eigenvalue weighted by Crippen LogP contribution is 2.32. The topological polar surface area (TPSA) is 72.1 Å². The van der Waals surface area contributed by atoms with Gasteiger partial charge in [0.25, 0.3) is 0 Å². The van der Waals surface area contributed by atoms with Crippen molar-refractivity contribution in [3.05, 3.63) is 84.0 Å². The van der Waals surface area contributed by atoms with Crippen LogP contribution in [0, 0.1) is 12.3 Å². The largest absolute Gasteiger partial charge is 0.497 e. The molecular weight excluding hydrogens is 476 g/mol. The van der Waals surface area contributed by atoms with Gasteiger partial charge in [-0.1, -0.05) is 30.2 Å². The molecule has 0 spiro atoms. The summed E-state index contributed by atoms with van der Waals surface area (Å²) in [5.74, 6) is 4.19. The Morgan fingerprint density at radius 3 is 2.55 bits per heavy atom.